The Morgan fingerprint density at radius 1 is 1.21 bits per heavy atom. The molecule has 0 fully saturated rings. The van der Waals surface area contributed by atoms with Gasteiger partial charge in [-0.25, -0.2) is 0 Å². The molecule has 24 heavy (non-hydrogen) atoms. The zero-order valence-electron chi connectivity index (χ0n) is 13.5. The van der Waals surface area contributed by atoms with Crippen LogP contribution in [0.2, 0.25) is 5.02 Å². The molecule has 0 aliphatic carbocycles. The Hall–Kier alpha value is -2.33. The van der Waals surface area contributed by atoms with Gasteiger partial charge in [-0.3, -0.25) is 14.5 Å². The van der Waals surface area contributed by atoms with E-state index in [1.807, 2.05) is 18.2 Å². The van der Waals surface area contributed by atoms with Crippen LogP contribution < -0.4 is 10.2 Å². The number of unbranched alkanes of at least 4 members (excludes halogenated alkanes) is 1. The Bertz CT molecular complexity index is 775. The van der Waals surface area contributed by atoms with Gasteiger partial charge in [0.15, 0.2) is 0 Å². The summed E-state index contributed by atoms with van der Waals surface area (Å²) in [5.74, 6) is -0.342. The van der Waals surface area contributed by atoms with Crippen LogP contribution in [0.25, 0.3) is 0 Å². The van der Waals surface area contributed by atoms with Gasteiger partial charge in [-0.15, -0.1) is 0 Å². The monoisotopic (exact) mass is 342 g/mol. The van der Waals surface area contributed by atoms with Gasteiger partial charge in [-0.2, -0.15) is 0 Å². The fourth-order valence-electron chi connectivity index (χ4n) is 2.95. The van der Waals surface area contributed by atoms with Crippen molar-refractivity contribution in [1.82, 2.24) is 5.32 Å². The molecule has 0 spiro atoms. The number of carbonyl (C=O) groups excluding carboxylic acids is 2. The minimum atomic E-state index is -0.663. The van der Waals surface area contributed by atoms with Crippen LogP contribution in [-0.2, 0) is 4.79 Å². The van der Waals surface area contributed by atoms with Crippen molar-refractivity contribution in [3.63, 3.8) is 0 Å². The molecule has 1 N–H and O–H groups in total. The molecule has 1 unspecified atom stereocenters. The molecular weight excluding hydrogens is 324 g/mol. The van der Waals surface area contributed by atoms with E-state index in [9.17, 15) is 9.59 Å². The first kappa shape index (κ1) is 16.5. The highest BCUT2D eigenvalue weighted by Gasteiger charge is 2.41. The Morgan fingerprint density at radius 3 is 2.75 bits per heavy atom. The number of anilines is 1. The van der Waals surface area contributed by atoms with Gasteiger partial charge in [-0.1, -0.05) is 49.2 Å². The third-order valence-electron chi connectivity index (χ3n) is 4.13. The number of benzene rings is 2. The van der Waals surface area contributed by atoms with Crippen molar-refractivity contribution in [3.05, 3.63) is 64.7 Å². The van der Waals surface area contributed by atoms with E-state index in [0.717, 1.165) is 18.4 Å². The average molecular weight is 343 g/mol. The number of rotatable bonds is 5. The van der Waals surface area contributed by atoms with Crippen LogP contribution in [0.3, 0.4) is 0 Å². The molecule has 0 radical (unpaired) electrons. The van der Waals surface area contributed by atoms with Crippen molar-refractivity contribution in [2.24, 2.45) is 0 Å². The number of nitrogens with one attached hydrogen (secondary N) is 1. The lowest BCUT2D eigenvalue weighted by molar-refractivity contribution is -0.122. The molecule has 2 aromatic rings. The maximum Gasteiger partial charge on any atom is 0.259 e. The number of hydrogen-bond donors (Lipinski definition) is 1. The van der Waals surface area contributed by atoms with Crippen LogP contribution in [0, 0.1) is 0 Å². The summed E-state index contributed by atoms with van der Waals surface area (Å²) in [4.78, 5) is 27.1. The molecule has 5 heteroatoms. The highest BCUT2D eigenvalue weighted by atomic mass is 35.5. The van der Waals surface area contributed by atoms with E-state index < -0.39 is 6.04 Å². The summed E-state index contributed by atoms with van der Waals surface area (Å²) in [6, 6.07) is 13.6. The molecule has 0 saturated carbocycles. The van der Waals surface area contributed by atoms with Gasteiger partial charge in [-0.05, 0) is 36.2 Å². The Labute approximate surface area is 146 Å². The van der Waals surface area contributed by atoms with Crippen molar-refractivity contribution >= 4 is 29.1 Å². The van der Waals surface area contributed by atoms with Gasteiger partial charge in [0.1, 0.15) is 6.04 Å². The Morgan fingerprint density at radius 2 is 2.00 bits per heavy atom. The van der Waals surface area contributed by atoms with E-state index in [-0.39, 0.29) is 11.8 Å². The van der Waals surface area contributed by atoms with Gasteiger partial charge < -0.3 is 5.32 Å². The lowest BCUT2D eigenvalue weighted by Crippen LogP contribution is -2.39. The highest BCUT2D eigenvalue weighted by molar-refractivity contribution is 6.31. The van der Waals surface area contributed by atoms with Gasteiger partial charge in [0, 0.05) is 22.8 Å². The molecule has 0 bridgehead atoms. The second-order valence-electron chi connectivity index (χ2n) is 5.79. The van der Waals surface area contributed by atoms with E-state index in [0.29, 0.717) is 22.8 Å². The van der Waals surface area contributed by atoms with Gasteiger partial charge in [0.25, 0.3) is 5.91 Å². The van der Waals surface area contributed by atoms with E-state index in [2.05, 4.69) is 12.2 Å². The number of halogens is 1. The van der Waals surface area contributed by atoms with Gasteiger partial charge >= 0.3 is 0 Å². The minimum absolute atomic E-state index is 0.165. The molecule has 0 saturated heterocycles. The molecule has 4 nitrogen and oxygen atoms in total. The van der Waals surface area contributed by atoms with E-state index in [1.165, 1.54) is 4.90 Å². The quantitative estimate of drug-likeness (QED) is 0.836. The van der Waals surface area contributed by atoms with Gasteiger partial charge in [0.2, 0.25) is 5.91 Å². The summed E-state index contributed by atoms with van der Waals surface area (Å²) < 4.78 is 0. The van der Waals surface area contributed by atoms with E-state index in [4.69, 9.17) is 11.6 Å². The molecule has 124 valence electrons. The highest BCUT2D eigenvalue weighted by Crippen LogP contribution is 2.38. The summed E-state index contributed by atoms with van der Waals surface area (Å²) in [6.07, 6.45) is 1.91. The average Bonchev–Trinajstić information content (AvgIpc) is 2.88. The topological polar surface area (TPSA) is 49.4 Å². The molecule has 0 aromatic heterocycles. The summed E-state index contributed by atoms with van der Waals surface area (Å²) in [6.45, 7) is 2.67. The fourth-order valence-corrected chi connectivity index (χ4v) is 3.14. The summed E-state index contributed by atoms with van der Waals surface area (Å²) in [5.41, 5.74) is 1.92. The second kappa shape index (κ2) is 7.05. The molecular formula is C19H19ClN2O2. The molecule has 2 aromatic carbocycles. The largest absolute Gasteiger partial charge is 0.354 e. The van der Waals surface area contributed by atoms with Crippen molar-refractivity contribution in [2.45, 2.75) is 25.8 Å². The summed E-state index contributed by atoms with van der Waals surface area (Å²) in [5, 5.41) is 3.46. The summed E-state index contributed by atoms with van der Waals surface area (Å²) >= 11 is 6.07. The lowest BCUT2D eigenvalue weighted by atomic mass is 10.0. The number of carbonyl (C=O) groups is 2. The van der Waals surface area contributed by atoms with Crippen LogP contribution in [0.4, 0.5) is 5.69 Å². The first-order chi connectivity index (χ1) is 11.6. The molecule has 2 amide bonds. The lowest BCUT2D eigenvalue weighted by Gasteiger charge is -2.25. The first-order valence-electron chi connectivity index (χ1n) is 8.09. The van der Waals surface area contributed by atoms with Crippen molar-refractivity contribution in [1.29, 1.82) is 0 Å². The standard InChI is InChI=1S/C19H19ClN2O2/c1-2-3-11-21-18(23)17-15-9-4-5-10-16(15)19(24)22(17)14-8-6-7-13(20)12-14/h4-10,12,17H,2-3,11H2,1H3,(H,21,23). The van der Waals surface area contributed by atoms with Crippen LogP contribution in [0.1, 0.15) is 41.7 Å². The molecule has 3 rings (SSSR count). The van der Waals surface area contributed by atoms with Crippen molar-refractivity contribution in [2.75, 3.05) is 11.4 Å². The van der Waals surface area contributed by atoms with Crippen LogP contribution in [0.15, 0.2) is 48.5 Å². The molecule has 1 heterocycles. The number of fused-ring (bicyclic) bond motifs is 1. The number of hydrogen-bond acceptors (Lipinski definition) is 2. The van der Waals surface area contributed by atoms with Crippen molar-refractivity contribution < 1.29 is 9.59 Å². The minimum Gasteiger partial charge on any atom is -0.354 e. The SMILES string of the molecule is CCCCNC(=O)C1c2ccccc2C(=O)N1c1cccc(Cl)c1. The van der Waals surface area contributed by atoms with Crippen molar-refractivity contribution in [3.8, 4) is 0 Å². The predicted octanol–water partition coefficient (Wildman–Crippen LogP) is 3.96. The fraction of sp³-hybridized carbons (Fsp3) is 0.263. The van der Waals surface area contributed by atoms with E-state index >= 15 is 0 Å². The molecule has 1 atom stereocenters. The number of nitrogens with zero attached hydrogens (tertiary/aromatic N) is 1. The molecule has 1 aliphatic heterocycles. The zero-order valence-corrected chi connectivity index (χ0v) is 14.2. The second-order valence-corrected chi connectivity index (χ2v) is 6.23. The van der Waals surface area contributed by atoms with Crippen LogP contribution in [0.5, 0.6) is 0 Å². The van der Waals surface area contributed by atoms with Crippen LogP contribution >= 0.6 is 11.6 Å². The van der Waals surface area contributed by atoms with Gasteiger partial charge in [0.05, 0.1) is 0 Å². The Balaban J connectivity index is 2.00. The maximum absolute atomic E-state index is 12.9. The predicted molar refractivity (Wildman–Crippen MR) is 95.4 cm³/mol. The zero-order chi connectivity index (χ0) is 17.1. The summed E-state index contributed by atoms with van der Waals surface area (Å²) in [7, 11) is 0. The van der Waals surface area contributed by atoms with Crippen LogP contribution in [-0.4, -0.2) is 18.4 Å². The normalized spacial score (nSPS) is 16.2. The maximum atomic E-state index is 12.9. The smallest absolute Gasteiger partial charge is 0.259 e. The number of amides is 2. The third-order valence-corrected chi connectivity index (χ3v) is 4.36. The molecule has 1 aliphatic rings. The first-order valence-corrected chi connectivity index (χ1v) is 8.47. The Kier molecular flexibility index (Phi) is 4.86. The third kappa shape index (κ3) is 3.02. The van der Waals surface area contributed by atoms with E-state index in [1.54, 1.807) is 30.3 Å².